The number of hydrogen-bond donors (Lipinski definition) is 1. The molecule has 1 N–H and O–H groups in total. The van der Waals surface area contributed by atoms with Crippen LogP contribution in [0.25, 0.3) is 0 Å². The van der Waals surface area contributed by atoms with Gasteiger partial charge in [0, 0.05) is 10.9 Å². The van der Waals surface area contributed by atoms with Crippen molar-refractivity contribution in [3.05, 3.63) is 46.0 Å². The zero-order valence-corrected chi connectivity index (χ0v) is 14.8. The van der Waals surface area contributed by atoms with E-state index in [2.05, 4.69) is 43.5 Å². The number of benzene rings is 1. The molecule has 6 heteroatoms. The van der Waals surface area contributed by atoms with Crippen molar-refractivity contribution >= 4 is 27.7 Å². The summed E-state index contributed by atoms with van der Waals surface area (Å²) >= 11 is 5.38. The van der Waals surface area contributed by atoms with Gasteiger partial charge in [-0.05, 0) is 55.3 Å². The number of aromatic nitrogens is 2. The second-order valence-electron chi connectivity index (χ2n) is 5.62. The standard InChI is InChI=1S/C16H20BrN3OS/c17-14-3-1-2-13(8-14)9-15-19-16(21-20-15)11-22-10-12-4-6-18-7-5-12/h1-3,8,12,18H,4-7,9-11H2. The molecule has 22 heavy (non-hydrogen) atoms. The molecule has 1 aliphatic rings. The van der Waals surface area contributed by atoms with E-state index in [4.69, 9.17) is 4.52 Å². The average Bonchev–Trinajstić information content (AvgIpc) is 2.96. The van der Waals surface area contributed by atoms with Crippen molar-refractivity contribution < 1.29 is 4.52 Å². The lowest BCUT2D eigenvalue weighted by Gasteiger charge is -2.21. The minimum absolute atomic E-state index is 0.710. The summed E-state index contributed by atoms with van der Waals surface area (Å²) in [5.74, 6) is 4.33. The maximum atomic E-state index is 5.35. The van der Waals surface area contributed by atoms with Crippen LogP contribution in [0.3, 0.4) is 0 Å². The molecule has 0 spiro atoms. The van der Waals surface area contributed by atoms with Crippen molar-refractivity contribution in [3.8, 4) is 0 Å². The summed E-state index contributed by atoms with van der Waals surface area (Å²) in [4.78, 5) is 4.49. The first-order valence-corrected chi connectivity index (χ1v) is 9.59. The van der Waals surface area contributed by atoms with Crippen molar-refractivity contribution in [2.45, 2.75) is 25.0 Å². The van der Waals surface area contributed by atoms with Crippen LogP contribution in [0.1, 0.15) is 30.1 Å². The SMILES string of the molecule is Brc1cccc(Cc2noc(CSCC3CCNCC3)n2)c1. The Kier molecular flexibility index (Phi) is 5.92. The third kappa shape index (κ3) is 4.83. The van der Waals surface area contributed by atoms with Crippen LogP contribution in [-0.2, 0) is 12.2 Å². The van der Waals surface area contributed by atoms with Gasteiger partial charge >= 0.3 is 0 Å². The number of rotatable bonds is 6. The molecule has 0 saturated carbocycles. The normalized spacial score (nSPS) is 16.0. The zero-order valence-electron chi connectivity index (χ0n) is 12.4. The predicted molar refractivity (Wildman–Crippen MR) is 93.0 cm³/mol. The van der Waals surface area contributed by atoms with Gasteiger partial charge in [-0.15, -0.1) is 0 Å². The molecule has 0 amide bonds. The molecule has 0 bridgehead atoms. The quantitative estimate of drug-likeness (QED) is 0.827. The average molecular weight is 382 g/mol. The predicted octanol–water partition coefficient (Wildman–Crippen LogP) is 3.66. The van der Waals surface area contributed by atoms with Gasteiger partial charge in [-0.1, -0.05) is 33.2 Å². The molecule has 0 atom stereocenters. The molecule has 1 aromatic heterocycles. The van der Waals surface area contributed by atoms with Crippen molar-refractivity contribution in [1.29, 1.82) is 0 Å². The van der Waals surface area contributed by atoms with Gasteiger partial charge in [0.25, 0.3) is 0 Å². The summed E-state index contributed by atoms with van der Waals surface area (Å²) in [6.07, 6.45) is 3.28. The van der Waals surface area contributed by atoms with E-state index in [0.29, 0.717) is 6.42 Å². The van der Waals surface area contributed by atoms with E-state index >= 15 is 0 Å². The molecular weight excluding hydrogens is 362 g/mol. The molecule has 4 nitrogen and oxygen atoms in total. The van der Waals surface area contributed by atoms with Crippen LogP contribution in [0, 0.1) is 5.92 Å². The lowest BCUT2D eigenvalue weighted by atomic mass is 10.0. The molecule has 1 saturated heterocycles. The Bertz CT molecular complexity index is 599. The van der Waals surface area contributed by atoms with E-state index in [1.807, 2.05) is 23.9 Å². The van der Waals surface area contributed by atoms with Crippen molar-refractivity contribution in [3.63, 3.8) is 0 Å². The molecule has 0 unspecified atom stereocenters. The van der Waals surface area contributed by atoms with Crippen LogP contribution in [0.15, 0.2) is 33.3 Å². The number of piperidine rings is 1. The first-order valence-electron chi connectivity index (χ1n) is 7.64. The summed E-state index contributed by atoms with van der Waals surface area (Å²) in [5, 5.41) is 7.48. The lowest BCUT2D eigenvalue weighted by Crippen LogP contribution is -2.28. The highest BCUT2D eigenvalue weighted by Crippen LogP contribution is 2.21. The fraction of sp³-hybridized carbons (Fsp3) is 0.500. The molecule has 3 rings (SSSR count). The van der Waals surface area contributed by atoms with Gasteiger partial charge in [-0.25, -0.2) is 0 Å². The molecule has 1 aliphatic heterocycles. The fourth-order valence-electron chi connectivity index (χ4n) is 2.61. The van der Waals surface area contributed by atoms with Gasteiger partial charge in [0.05, 0.1) is 5.75 Å². The van der Waals surface area contributed by atoms with Crippen LogP contribution >= 0.6 is 27.7 Å². The Morgan fingerprint density at radius 2 is 2.18 bits per heavy atom. The zero-order chi connectivity index (χ0) is 15.2. The van der Waals surface area contributed by atoms with E-state index in [0.717, 1.165) is 40.9 Å². The maximum absolute atomic E-state index is 5.35. The van der Waals surface area contributed by atoms with Gasteiger partial charge < -0.3 is 9.84 Å². The summed E-state index contributed by atoms with van der Waals surface area (Å²) < 4.78 is 6.43. The van der Waals surface area contributed by atoms with E-state index < -0.39 is 0 Å². The first-order chi connectivity index (χ1) is 10.8. The number of thioether (sulfide) groups is 1. The number of halogens is 1. The third-order valence-electron chi connectivity index (χ3n) is 3.80. The monoisotopic (exact) mass is 381 g/mol. The number of nitrogens with one attached hydrogen (secondary N) is 1. The van der Waals surface area contributed by atoms with Crippen LogP contribution in [-0.4, -0.2) is 29.0 Å². The molecular formula is C16H20BrN3OS. The van der Waals surface area contributed by atoms with E-state index in [-0.39, 0.29) is 0 Å². The Morgan fingerprint density at radius 1 is 1.32 bits per heavy atom. The highest BCUT2D eigenvalue weighted by atomic mass is 79.9. The second kappa shape index (κ2) is 8.13. The summed E-state index contributed by atoms with van der Waals surface area (Å²) in [7, 11) is 0. The minimum Gasteiger partial charge on any atom is -0.338 e. The highest BCUT2D eigenvalue weighted by Gasteiger charge is 2.14. The van der Waals surface area contributed by atoms with Crippen molar-refractivity contribution in [2.75, 3.05) is 18.8 Å². The molecule has 0 radical (unpaired) electrons. The Labute approximate surface area is 143 Å². The summed E-state index contributed by atoms with van der Waals surface area (Å²) in [6, 6.07) is 8.20. The minimum atomic E-state index is 0.710. The van der Waals surface area contributed by atoms with Crippen LogP contribution < -0.4 is 5.32 Å². The van der Waals surface area contributed by atoms with E-state index in [1.165, 1.54) is 24.2 Å². The van der Waals surface area contributed by atoms with Crippen molar-refractivity contribution in [2.24, 2.45) is 5.92 Å². The summed E-state index contributed by atoms with van der Waals surface area (Å²) in [6.45, 7) is 2.31. The lowest BCUT2D eigenvalue weighted by molar-refractivity contribution is 0.385. The highest BCUT2D eigenvalue weighted by molar-refractivity contribution is 9.10. The van der Waals surface area contributed by atoms with Crippen LogP contribution in [0.4, 0.5) is 0 Å². The molecule has 1 fully saturated rings. The van der Waals surface area contributed by atoms with Crippen LogP contribution in [0.5, 0.6) is 0 Å². The van der Waals surface area contributed by atoms with Crippen LogP contribution in [0.2, 0.25) is 0 Å². The van der Waals surface area contributed by atoms with Gasteiger partial charge in [0.2, 0.25) is 5.89 Å². The number of nitrogens with zero attached hydrogens (tertiary/aromatic N) is 2. The molecule has 2 heterocycles. The van der Waals surface area contributed by atoms with E-state index in [9.17, 15) is 0 Å². The van der Waals surface area contributed by atoms with Gasteiger partial charge in [-0.2, -0.15) is 16.7 Å². The fourth-order valence-corrected chi connectivity index (χ4v) is 4.13. The maximum Gasteiger partial charge on any atom is 0.236 e. The molecule has 118 valence electrons. The van der Waals surface area contributed by atoms with E-state index in [1.54, 1.807) is 0 Å². The van der Waals surface area contributed by atoms with Crippen molar-refractivity contribution in [1.82, 2.24) is 15.5 Å². The van der Waals surface area contributed by atoms with Gasteiger partial charge in [0.1, 0.15) is 0 Å². The second-order valence-corrected chi connectivity index (χ2v) is 7.57. The molecule has 1 aromatic carbocycles. The Balaban J connectivity index is 1.46. The summed E-state index contributed by atoms with van der Waals surface area (Å²) in [5.41, 5.74) is 1.18. The van der Waals surface area contributed by atoms with Gasteiger partial charge in [-0.3, -0.25) is 0 Å². The smallest absolute Gasteiger partial charge is 0.236 e. The number of hydrogen-bond acceptors (Lipinski definition) is 5. The Hall–Kier alpha value is -0.850. The van der Waals surface area contributed by atoms with Gasteiger partial charge in [0.15, 0.2) is 5.82 Å². The molecule has 2 aromatic rings. The Morgan fingerprint density at radius 3 is 3.00 bits per heavy atom. The largest absolute Gasteiger partial charge is 0.338 e. The third-order valence-corrected chi connectivity index (χ3v) is 5.45. The first kappa shape index (κ1) is 16.0. The topological polar surface area (TPSA) is 51.0 Å². The molecule has 0 aliphatic carbocycles.